The number of nitrogens with zero attached hydrogens (tertiary/aromatic N) is 6. The van der Waals surface area contributed by atoms with E-state index in [4.69, 9.17) is 4.74 Å². The summed E-state index contributed by atoms with van der Waals surface area (Å²) in [5.41, 5.74) is -0.350. The van der Waals surface area contributed by atoms with Crippen molar-refractivity contribution in [2.75, 3.05) is 25.5 Å². The zero-order valence-electron chi connectivity index (χ0n) is 20.1. The van der Waals surface area contributed by atoms with Gasteiger partial charge in [-0.15, -0.1) is 0 Å². The molecule has 1 fully saturated rings. The van der Waals surface area contributed by atoms with Gasteiger partial charge >= 0.3 is 6.18 Å². The van der Waals surface area contributed by atoms with E-state index in [1.165, 1.54) is 4.68 Å². The maximum absolute atomic E-state index is 14.6. The lowest BCUT2D eigenvalue weighted by molar-refractivity contribution is -0.139. The lowest BCUT2D eigenvalue weighted by Gasteiger charge is -2.43. The molecule has 1 aliphatic heterocycles. The minimum Gasteiger partial charge on any atom is -0.480 e. The number of methoxy groups -OCH3 is 1. The van der Waals surface area contributed by atoms with Crippen LogP contribution in [0.25, 0.3) is 11.3 Å². The highest BCUT2D eigenvalue weighted by Crippen LogP contribution is 2.37. The summed E-state index contributed by atoms with van der Waals surface area (Å²) in [5.74, 6) is -5.41. The Balaban J connectivity index is 1.62. The van der Waals surface area contributed by atoms with Crippen LogP contribution in [0, 0.1) is 5.92 Å². The number of carbonyl (C=O) groups excluding carboxylic acids is 1. The maximum atomic E-state index is 14.6. The Morgan fingerprint density at radius 3 is 2.68 bits per heavy atom. The van der Waals surface area contributed by atoms with Gasteiger partial charge in [0.1, 0.15) is 5.56 Å². The number of nitrogens with one attached hydrogen (secondary N) is 1. The van der Waals surface area contributed by atoms with Gasteiger partial charge in [0.25, 0.3) is 11.8 Å². The number of anilines is 1. The molecule has 4 heterocycles. The first-order valence-corrected chi connectivity index (χ1v) is 11.3. The normalized spacial score (nSPS) is 19.5. The van der Waals surface area contributed by atoms with Crippen LogP contribution in [0.2, 0.25) is 0 Å². The fourth-order valence-corrected chi connectivity index (χ4v) is 4.37. The lowest BCUT2D eigenvalue weighted by atomic mass is 9.88. The molecule has 3 aromatic rings. The molecule has 0 unspecified atom stereocenters. The summed E-state index contributed by atoms with van der Waals surface area (Å²) in [6.07, 6.45) is -1.50. The van der Waals surface area contributed by atoms with Gasteiger partial charge in [0.05, 0.1) is 31.0 Å². The molecule has 198 valence electrons. The molecule has 2 atom stereocenters. The number of aryl methyl sites for hydroxylation is 1. The number of alkyl halides is 5. The molecule has 0 aliphatic carbocycles. The van der Waals surface area contributed by atoms with Crippen LogP contribution in [-0.4, -0.2) is 67.7 Å². The van der Waals surface area contributed by atoms with Crippen molar-refractivity contribution in [1.82, 2.24) is 29.6 Å². The summed E-state index contributed by atoms with van der Waals surface area (Å²) < 4.78 is 74.7. The van der Waals surface area contributed by atoms with E-state index in [2.05, 4.69) is 25.4 Å². The molecular formula is C23H24F5N7O2. The maximum Gasteiger partial charge on any atom is 0.423 e. The number of halogens is 5. The molecule has 3 aromatic heterocycles. The lowest BCUT2D eigenvalue weighted by Crippen LogP contribution is -2.57. The summed E-state index contributed by atoms with van der Waals surface area (Å²) in [6, 6.07) is 4.35. The van der Waals surface area contributed by atoms with Gasteiger partial charge < -0.3 is 15.0 Å². The first kappa shape index (κ1) is 26.2. The fourth-order valence-electron chi connectivity index (χ4n) is 4.37. The number of hydrogen-bond donors (Lipinski definition) is 1. The highest BCUT2D eigenvalue weighted by atomic mass is 19.4. The largest absolute Gasteiger partial charge is 0.480 e. The summed E-state index contributed by atoms with van der Waals surface area (Å²) in [4.78, 5) is 26.3. The SMILES string of the molecule is COc1nc(NC[C@@H]2[C@H](C)CC(F)(F)CN2C(=O)c2nn(C)cc2-c2ccccn2)ncc1C(F)(F)F. The fraction of sp³-hybridized carbons (Fsp3) is 0.435. The predicted octanol–water partition coefficient (Wildman–Crippen LogP) is 3.90. The number of piperidine rings is 1. The summed E-state index contributed by atoms with van der Waals surface area (Å²) >= 11 is 0. The number of hydrogen-bond acceptors (Lipinski definition) is 7. The minimum absolute atomic E-state index is 0.0384. The highest BCUT2D eigenvalue weighted by Gasteiger charge is 2.47. The van der Waals surface area contributed by atoms with E-state index < -0.39 is 54.4 Å². The monoisotopic (exact) mass is 525 g/mol. The molecule has 0 radical (unpaired) electrons. The molecule has 9 nitrogen and oxygen atoms in total. The predicted molar refractivity (Wildman–Crippen MR) is 122 cm³/mol. The topological polar surface area (TPSA) is 98.1 Å². The van der Waals surface area contributed by atoms with Gasteiger partial charge in [-0.25, -0.2) is 13.8 Å². The number of carbonyl (C=O) groups is 1. The van der Waals surface area contributed by atoms with Gasteiger partial charge in [-0.3, -0.25) is 14.5 Å². The van der Waals surface area contributed by atoms with Crippen LogP contribution in [0.5, 0.6) is 5.88 Å². The molecule has 0 aromatic carbocycles. The van der Waals surface area contributed by atoms with E-state index >= 15 is 0 Å². The third kappa shape index (κ3) is 5.62. The molecule has 1 N–H and O–H groups in total. The smallest absolute Gasteiger partial charge is 0.423 e. The average molecular weight is 525 g/mol. The van der Waals surface area contributed by atoms with E-state index in [0.29, 0.717) is 17.5 Å². The molecule has 0 spiro atoms. The van der Waals surface area contributed by atoms with Crippen LogP contribution in [-0.2, 0) is 13.2 Å². The number of rotatable bonds is 6. The Morgan fingerprint density at radius 2 is 2.03 bits per heavy atom. The van der Waals surface area contributed by atoms with Gasteiger partial charge in [-0.1, -0.05) is 13.0 Å². The second-order valence-electron chi connectivity index (χ2n) is 8.81. The highest BCUT2D eigenvalue weighted by molar-refractivity contribution is 5.98. The molecule has 4 rings (SSSR count). The van der Waals surface area contributed by atoms with Crippen LogP contribution in [0.15, 0.2) is 36.8 Å². The first-order valence-electron chi connectivity index (χ1n) is 11.3. The van der Waals surface area contributed by atoms with Crippen molar-refractivity contribution in [3.05, 3.63) is 48.0 Å². The zero-order chi connectivity index (χ0) is 27.0. The minimum atomic E-state index is -4.72. The number of likely N-dealkylation sites (tertiary alicyclic amines) is 1. The van der Waals surface area contributed by atoms with Crippen LogP contribution < -0.4 is 10.1 Å². The molecule has 1 saturated heterocycles. The number of ether oxygens (including phenoxy) is 1. The quantitative estimate of drug-likeness (QED) is 0.488. The molecule has 0 saturated carbocycles. The van der Waals surface area contributed by atoms with Crippen LogP contribution in [0.4, 0.5) is 27.9 Å². The molecular weight excluding hydrogens is 501 g/mol. The van der Waals surface area contributed by atoms with E-state index in [1.54, 1.807) is 44.6 Å². The van der Waals surface area contributed by atoms with Crippen LogP contribution in [0.3, 0.4) is 0 Å². The number of amides is 1. The Kier molecular flexibility index (Phi) is 7.02. The Labute approximate surface area is 208 Å². The Bertz CT molecular complexity index is 1270. The van der Waals surface area contributed by atoms with Gasteiger partial charge in [0, 0.05) is 38.6 Å². The van der Waals surface area contributed by atoms with Gasteiger partial charge in [-0.2, -0.15) is 23.3 Å². The molecule has 1 aliphatic rings. The molecule has 1 amide bonds. The Hall–Kier alpha value is -3.84. The van der Waals surface area contributed by atoms with Gasteiger partial charge in [0.2, 0.25) is 11.8 Å². The van der Waals surface area contributed by atoms with Gasteiger partial charge in [0.15, 0.2) is 5.69 Å². The van der Waals surface area contributed by atoms with E-state index in [1.807, 2.05) is 0 Å². The summed E-state index contributed by atoms with van der Waals surface area (Å²) in [7, 11) is 2.64. The zero-order valence-corrected chi connectivity index (χ0v) is 20.1. The summed E-state index contributed by atoms with van der Waals surface area (Å²) in [6.45, 7) is 0.632. The standard InChI is InChI=1S/C23H24F5N7O2/c1-13-8-22(24,25)12-35(20(36)18-14(11-34(2)33-18)16-6-4-5-7-29-16)17(13)10-31-21-30-9-15(23(26,27)28)19(32-21)37-3/h4-7,9,11,13,17H,8,10,12H2,1-3H3,(H,30,31,32)/t13-,17-/m1/s1. The first-order chi connectivity index (χ1) is 17.4. The van der Waals surface area contributed by atoms with E-state index in [-0.39, 0.29) is 18.2 Å². The molecule has 37 heavy (non-hydrogen) atoms. The third-order valence-electron chi connectivity index (χ3n) is 6.03. The van der Waals surface area contributed by atoms with Crippen molar-refractivity contribution in [2.45, 2.75) is 31.5 Å². The van der Waals surface area contributed by atoms with E-state index in [0.717, 1.165) is 12.0 Å². The second-order valence-corrected chi connectivity index (χ2v) is 8.81. The van der Waals surface area contributed by atoms with Crippen molar-refractivity contribution in [3.63, 3.8) is 0 Å². The Morgan fingerprint density at radius 1 is 1.27 bits per heavy atom. The number of aromatic nitrogens is 5. The second kappa shape index (κ2) is 9.90. The van der Waals surface area contributed by atoms with Crippen LogP contribution in [0.1, 0.15) is 29.4 Å². The van der Waals surface area contributed by atoms with Crippen molar-refractivity contribution in [1.29, 1.82) is 0 Å². The van der Waals surface area contributed by atoms with Gasteiger partial charge in [-0.05, 0) is 18.1 Å². The van der Waals surface area contributed by atoms with E-state index in [9.17, 15) is 26.7 Å². The average Bonchev–Trinajstić information content (AvgIpc) is 3.23. The van der Waals surface area contributed by atoms with Crippen molar-refractivity contribution < 1.29 is 31.5 Å². The third-order valence-corrected chi connectivity index (χ3v) is 6.03. The molecule has 0 bridgehead atoms. The summed E-state index contributed by atoms with van der Waals surface area (Å²) in [5, 5.41) is 6.98. The number of pyridine rings is 1. The molecule has 14 heteroatoms. The van der Waals surface area contributed by atoms with Crippen molar-refractivity contribution in [2.24, 2.45) is 13.0 Å². The van der Waals surface area contributed by atoms with Crippen molar-refractivity contribution >= 4 is 11.9 Å². The van der Waals surface area contributed by atoms with Crippen molar-refractivity contribution in [3.8, 4) is 17.1 Å². The van der Waals surface area contributed by atoms with Crippen LogP contribution >= 0.6 is 0 Å².